The van der Waals surface area contributed by atoms with Crippen molar-refractivity contribution < 1.29 is 4.39 Å². The molecule has 1 aromatic heterocycles. The standard InChI is InChI=1S/C15H13BrClFN2/c16-12-6-5-10(18)7-11(12)15-19-13(8-14(17)20-15)9-3-1-2-4-9/h5-9H,1-4H2. The van der Waals surface area contributed by atoms with Gasteiger partial charge in [-0.1, -0.05) is 40.4 Å². The zero-order valence-corrected chi connectivity index (χ0v) is 13.1. The molecule has 1 heterocycles. The average Bonchev–Trinajstić information content (AvgIpc) is 2.95. The van der Waals surface area contributed by atoms with E-state index in [1.54, 1.807) is 6.07 Å². The number of hydrogen-bond acceptors (Lipinski definition) is 2. The van der Waals surface area contributed by atoms with Crippen LogP contribution in [0.1, 0.15) is 37.3 Å². The highest BCUT2D eigenvalue weighted by atomic mass is 79.9. The molecule has 0 aliphatic heterocycles. The van der Waals surface area contributed by atoms with Crippen molar-refractivity contribution in [3.63, 3.8) is 0 Å². The summed E-state index contributed by atoms with van der Waals surface area (Å²) in [6, 6.07) is 6.31. The summed E-state index contributed by atoms with van der Waals surface area (Å²) in [6.07, 6.45) is 4.73. The molecule has 2 nitrogen and oxygen atoms in total. The number of hydrogen-bond donors (Lipinski definition) is 0. The van der Waals surface area contributed by atoms with Crippen LogP contribution in [0, 0.1) is 5.82 Å². The Morgan fingerprint density at radius 1 is 1.15 bits per heavy atom. The summed E-state index contributed by atoms with van der Waals surface area (Å²) in [4.78, 5) is 8.83. The molecule has 0 bridgehead atoms. The molecule has 3 rings (SSSR count). The molecular weight excluding hydrogens is 343 g/mol. The van der Waals surface area contributed by atoms with Crippen molar-refractivity contribution in [1.29, 1.82) is 0 Å². The van der Waals surface area contributed by atoms with E-state index < -0.39 is 0 Å². The maximum Gasteiger partial charge on any atom is 0.162 e. The van der Waals surface area contributed by atoms with Gasteiger partial charge in [-0.3, -0.25) is 0 Å². The van der Waals surface area contributed by atoms with Crippen LogP contribution in [0.4, 0.5) is 4.39 Å². The Hall–Kier alpha value is -1.00. The van der Waals surface area contributed by atoms with Gasteiger partial charge in [-0.25, -0.2) is 14.4 Å². The molecule has 0 unspecified atom stereocenters. The molecule has 0 atom stereocenters. The molecule has 0 amide bonds. The van der Waals surface area contributed by atoms with E-state index in [2.05, 4.69) is 25.9 Å². The Balaban J connectivity index is 2.06. The highest BCUT2D eigenvalue weighted by molar-refractivity contribution is 9.10. The first-order valence-electron chi connectivity index (χ1n) is 6.63. The van der Waals surface area contributed by atoms with E-state index in [1.165, 1.54) is 25.0 Å². The summed E-state index contributed by atoms with van der Waals surface area (Å²) < 4.78 is 14.2. The molecule has 1 aliphatic rings. The predicted octanol–water partition coefficient (Wildman–Crippen LogP) is 5.36. The summed E-state index contributed by atoms with van der Waals surface area (Å²) in [5, 5.41) is 0.410. The summed E-state index contributed by atoms with van der Waals surface area (Å²) in [6.45, 7) is 0. The second-order valence-electron chi connectivity index (χ2n) is 5.04. The van der Waals surface area contributed by atoms with Crippen LogP contribution < -0.4 is 0 Å². The fourth-order valence-corrected chi connectivity index (χ4v) is 3.27. The maximum absolute atomic E-state index is 13.4. The van der Waals surface area contributed by atoms with E-state index in [4.69, 9.17) is 11.6 Å². The Morgan fingerprint density at radius 2 is 1.90 bits per heavy atom. The highest BCUT2D eigenvalue weighted by Crippen LogP contribution is 2.35. The molecule has 1 fully saturated rings. The number of nitrogens with zero attached hydrogens (tertiary/aromatic N) is 2. The van der Waals surface area contributed by atoms with Crippen LogP contribution in [0.3, 0.4) is 0 Å². The van der Waals surface area contributed by atoms with Crippen molar-refractivity contribution in [3.05, 3.63) is 45.4 Å². The minimum absolute atomic E-state index is 0.311. The maximum atomic E-state index is 13.4. The molecule has 1 aliphatic carbocycles. The first kappa shape index (κ1) is 14.0. The van der Waals surface area contributed by atoms with Gasteiger partial charge in [0.1, 0.15) is 11.0 Å². The van der Waals surface area contributed by atoms with Gasteiger partial charge < -0.3 is 0 Å². The third-order valence-electron chi connectivity index (χ3n) is 3.66. The van der Waals surface area contributed by atoms with Gasteiger partial charge in [0.25, 0.3) is 0 Å². The second kappa shape index (κ2) is 5.78. The topological polar surface area (TPSA) is 25.8 Å². The molecule has 5 heteroatoms. The normalized spacial score (nSPS) is 15.8. The summed E-state index contributed by atoms with van der Waals surface area (Å²) in [5.74, 6) is 0.613. The zero-order chi connectivity index (χ0) is 14.1. The van der Waals surface area contributed by atoms with Crippen molar-refractivity contribution >= 4 is 27.5 Å². The number of rotatable bonds is 2. The fraction of sp³-hybridized carbons (Fsp3) is 0.333. The van der Waals surface area contributed by atoms with E-state index >= 15 is 0 Å². The molecule has 0 saturated heterocycles. The number of halogens is 3. The van der Waals surface area contributed by atoms with Gasteiger partial charge in [-0.2, -0.15) is 0 Å². The smallest absolute Gasteiger partial charge is 0.162 e. The van der Waals surface area contributed by atoms with Crippen LogP contribution in [0.15, 0.2) is 28.7 Å². The lowest BCUT2D eigenvalue weighted by Gasteiger charge is -2.11. The molecule has 20 heavy (non-hydrogen) atoms. The molecule has 0 radical (unpaired) electrons. The number of benzene rings is 1. The van der Waals surface area contributed by atoms with Gasteiger partial charge >= 0.3 is 0 Å². The Morgan fingerprint density at radius 3 is 2.65 bits per heavy atom. The SMILES string of the molecule is Fc1ccc(Br)c(-c2nc(Cl)cc(C3CCCC3)n2)c1. The molecular formula is C15H13BrClFN2. The van der Waals surface area contributed by atoms with E-state index in [0.29, 0.717) is 22.5 Å². The number of aromatic nitrogens is 2. The average molecular weight is 356 g/mol. The second-order valence-corrected chi connectivity index (χ2v) is 6.29. The van der Waals surface area contributed by atoms with Crippen LogP contribution in [0.2, 0.25) is 5.15 Å². The zero-order valence-electron chi connectivity index (χ0n) is 10.7. The first-order valence-corrected chi connectivity index (χ1v) is 7.80. The van der Waals surface area contributed by atoms with Crippen LogP contribution in [-0.2, 0) is 0 Å². The summed E-state index contributed by atoms with van der Waals surface area (Å²) >= 11 is 9.52. The van der Waals surface area contributed by atoms with E-state index in [1.807, 2.05) is 6.07 Å². The molecule has 2 aromatic rings. The lowest BCUT2D eigenvalue weighted by Crippen LogP contribution is -2.01. The van der Waals surface area contributed by atoms with Crippen molar-refractivity contribution in [2.45, 2.75) is 31.6 Å². The molecule has 0 N–H and O–H groups in total. The molecule has 1 saturated carbocycles. The molecule has 104 valence electrons. The summed E-state index contributed by atoms with van der Waals surface area (Å²) in [5.41, 5.74) is 1.60. The quantitative estimate of drug-likeness (QED) is 0.678. The van der Waals surface area contributed by atoms with Crippen LogP contribution in [-0.4, -0.2) is 9.97 Å². The van der Waals surface area contributed by atoms with Gasteiger partial charge in [-0.15, -0.1) is 0 Å². The third-order valence-corrected chi connectivity index (χ3v) is 4.54. The Kier molecular flexibility index (Phi) is 4.03. The Labute approximate surface area is 130 Å². The van der Waals surface area contributed by atoms with E-state index in [-0.39, 0.29) is 5.82 Å². The largest absolute Gasteiger partial charge is 0.233 e. The Bertz CT molecular complexity index is 642. The van der Waals surface area contributed by atoms with Crippen LogP contribution in [0.5, 0.6) is 0 Å². The first-order chi connectivity index (χ1) is 9.63. The third kappa shape index (κ3) is 2.86. The van der Waals surface area contributed by atoms with Crippen molar-refractivity contribution in [2.75, 3.05) is 0 Å². The minimum Gasteiger partial charge on any atom is -0.233 e. The van der Waals surface area contributed by atoms with Gasteiger partial charge in [0.2, 0.25) is 0 Å². The van der Waals surface area contributed by atoms with Crippen LogP contribution in [0.25, 0.3) is 11.4 Å². The van der Waals surface area contributed by atoms with Gasteiger partial charge in [0.05, 0.1) is 0 Å². The van der Waals surface area contributed by atoms with Gasteiger partial charge in [0.15, 0.2) is 5.82 Å². The van der Waals surface area contributed by atoms with Crippen molar-refractivity contribution in [3.8, 4) is 11.4 Å². The molecule has 0 spiro atoms. The minimum atomic E-state index is -0.311. The lowest BCUT2D eigenvalue weighted by molar-refractivity contribution is 0.627. The van der Waals surface area contributed by atoms with E-state index in [0.717, 1.165) is 23.0 Å². The van der Waals surface area contributed by atoms with Crippen molar-refractivity contribution in [1.82, 2.24) is 9.97 Å². The van der Waals surface area contributed by atoms with Crippen LogP contribution >= 0.6 is 27.5 Å². The highest BCUT2D eigenvalue weighted by Gasteiger charge is 2.20. The monoisotopic (exact) mass is 354 g/mol. The van der Waals surface area contributed by atoms with Crippen molar-refractivity contribution in [2.24, 2.45) is 0 Å². The van der Waals surface area contributed by atoms with Gasteiger partial charge in [-0.05, 0) is 37.1 Å². The predicted molar refractivity (Wildman–Crippen MR) is 81.3 cm³/mol. The van der Waals surface area contributed by atoms with Gasteiger partial charge in [0, 0.05) is 21.6 Å². The summed E-state index contributed by atoms with van der Waals surface area (Å²) in [7, 11) is 0. The van der Waals surface area contributed by atoms with E-state index in [9.17, 15) is 4.39 Å². The molecule has 1 aromatic carbocycles. The fourth-order valence-electron chi connectivity index (χ4n) is 2.66. The lowest BCUT2D eigenvalue weighted by atomic mass is 10.0.